The highest BCUT2D eigenvalue weighted by Gasteiger charge is 2.19. The summed E-state index contributed by atoms with van der Waals surface area (Å²) >= 11 is 0. The van der Waals surface area contributed by atoms with E-state index in [-0.39, 0.29) is 5.82 Å². The molecule has 0 aliphatic carbocycles. The van der Waals surface area contributed by atoms with E-state index in [1.807, 2.05) is 30.3 Å². The van der Waals surface area contributed by atoms with Crippen LogP contribution in [0.5, 0.6) is 0 Å². The zero-order valence-electron chi connectivity index (χ0n) is 16.2. The smallest absolute Gasteiger partial charge is 0.123 e. The van der Waals surface area contributed by atoms with E-state index in [2.05, 4.69) is 71.1 Å². The van der Waals surface area contributed by atoms with Crippen molar-refractivity contribution < 1.29 is 4.39 Å². The van der Waals surface area contributed by atoms with Crippen molar-refractivity contribution in [3.63, 3.8) is 0 Å². The topological polar surface area (TPSA) is 4.41 Å². The van der Waals surface area contributed by atoms with E-state index in [0.717, 1.165) is 44.2 Å². The van der Waals surface area contributed by atoms with Crippen LogP contribution in [0.3, 0.4) is 0 Å². The summed E-state index contributed by atoms with van der Waals surface area (Å²) in [5.74, 6) is -0.223. The standard InChI is InChI=1S/C28H18FN/c29-22-15-16-23-24(18-22)27(19-9-3-1-4-10-19)28(20-11-5-2-6-12-20)30-25-14-8-7-13-21(25)17-26(23)30/h1-18H. The molecule has 0 spiro atoms. The van der Waals surface area contributed by atoms with Gasteiger partial charge in [0.1, 0.15) is 5.82 Å². The molecule has 2 aromatic heterocycles. The zero-order chi connectivity index (χ0) is 20.1. The Labute approximate surface area is 173 Å². The average molecular weight is 387 g/mol. The third-order valence-electron chi connectivity index (χ3n) is 5.81. The van der Waals surface area contributed by atoms with Crippen LogP contribution in [0.25, 0.3) is 49.6 Å². The van der Waals surface area contributed by atoms with Crippen molar-refractivity contribution in [2.45, 2.75) is 0 Å². The van der Waals surface area contributed by atoms with Gasteiger partial charge in [0, 0.05) is 16.3 Å². The predicted molar refractivity (Wildman–Crippen MR) is 123 cm³/mol. The molecule has 0 atom stereocenters. The van der Waals surface area contributed by atoms with Crippen LogP contribution in [-0.4, -0.2) is 4.40 Å². The number of nitrogens with zero attached hydrogens (tertiary/aromatic N) is 1. The summed E-state index contributed by atoms with van der Waals surface area (Å²) in [6.07, 6.45) is 0. The van der Waals surface area contributed by atoms with Gasteiger partial charge in [-0.15, -0.1) is 0 Å². The van der Waals surface area contributed by atoms with E-state index in [4.69, 9.17) is 0 Å². The molecule has 0 N–H and O–H groups in total. The number of pyridine rings is 1. The number of aromatic nitrogens is 1. The average Bonchev–Trinajstić information content (AvgIpc) is 3.18. The molecule has 2 heterocycles. The molecule has 1 nitrogen and oxygen atoms in total. The second-order valence-corrected chi connectivity index (χ2v) is 7.57. The molecule has 0 unspecified atom stereocenters. The van der Waals surface area contributed by atoms with Crippen LogP contribution in [0.1, 0.15) is 0 Å². The first-order chi connectivity index (χ1) is 14.8. The van der Waals surface area contributed by atoms with Crippen LogP contribution in [0, 0.1) is 5.82 Å². The van der Waals surface area contributed by atoms with Crippen LogP contribution in [-0.2, 0) is 0 Å². The lowest BCUT2D eigenvalue weighted by Gasteiger charge is -2.18. The van der Waals surface area contributed by atoms with E-state index in [0.29, 0.717) is 0 Å². The van der Waals surface area contributed by atoms with Crippen LogP contribution >= 0.6 is 0 Å². The van der Waals surface area contributed by atoms with Gasteiger partial charge in [-0.1, -0.05) is 78.9 Å². The second kappa shape index (κ2) is 6.57. The van der Waals surface area contributed by atoms with Gasteiger partial charge < -0.3 is 4.40 Å². The Bertz CT molecular complexity index is 1530. The van der Waals surface area contributed by atoms with Gasteiger partial charge in [-0.3, -0.25) is 0 Å². The molecule has 0 saturated carbocycles. The molecule has 6 rings (SSSR count). The van der Waals surface area contributed by atoms with E-state index in [1.54, 1.807) is 12.1 Å². The van der Waals surface area contributed by atoms with Crippen molar-refractivity contribution in [2.24, 2.45) is 0 Å². The molecule has 0 radical (unpaired) electrons. The molecule has 0 bridgehead atoms. The summed E-state index contributed by atoms with van der Waals surface area (Å²) in [5.41, 5.74) is 6.54. The Morgan fingerprint density at radius 3 is 1.97 bits per heavy atom. The van der Waals surface area contributed by atoms with Gasteiger partial charge in [0.25, 0.3) is 0 Å². The lowest BCUT2D eigenvalue weighted by molar-refractivity contribution is 0.630. The number of benzene rings is 4. The van der Waals surface area contributed by atoms with Crippen LogP contribution in [0.2, 0.25) is 0 Å². The van der Waals surface area contributed by atoms with Gasteiger partial charge in [-0.2, -0.15) is 0 Å². The van der Waals surface area contributed by atoms with Crippen molar-refractivity contribution in [3.05, 3.63) is 115 Å². The minimum absolute atomic E-state index is 0.223. The predicted octanol–water partition coefficient (Wildman–Crippen LogP) is 7.72. The van der Waals surface area contributed by atoms with E-state index in [1.165, 1.54) is 5.39 Å². The van der Waals surface area contributed by atoms with Gasteiger partial charge in [0.2, 0.25) is 0 Å². The fraction of sp³-hybridized carbons (Fsp3) is 0. The molecule has 0 aliphatic heterocycles. The van der Waals surface area contributed by atoms with E-state index in [9.17, 15) is 4.39 Å². The third-order valence-corrected chi connectivity index (χ3v) is 5.81. The minimum atomic E-state index is -0.223. The van der Waals surface area contributed by atoms with Gasteiger partial charge in [-0.05, 0) is 46.8 Å². The molecule has 0 fully saturated rings. The summed E-state index contributed by atoms with van der Waals surface area (Å²) in [6.45, 7) is 0. The van der Waals surface area contributed by atoms with Crippen molar-refractivity contribution in [1.82, 2.24) is 4.40 Å². The van der Waals surface area contributed by atoms with Gasteiger partial charge in [0.15, 0.2) is 0 Å². The first-order valence-electron chi connectivity index (χ1n) is 10.1. The number of rotatable bonds is 2. The molecule has 2 heteroatoms. The van der Waals surface area contributed by atoms with Crippen molar-refractivity contribution in [1.29, 1.82) is 0 Å². The molecule has 4 aromatic carbocycles. The minimum Gasteiger partial charge on any atom is -0.308 e. The Hall–Kier alpha value is -3.91. The highest BCUT2D eigenvalue weighted by atomic mass is 19.1. The van der Waals surface area contributed by atoms with Crippen molar-refractivity contribution in [2.75, 3.05) is 0 Å². The lowest BCUT2D eigenvalue weighted by atomic mass is 9.93. The Balaban J connectivity index is 1.95. The van der Waals surface area contributed by atoms with E-state index < -0.39 is 0 Å². The maximum absolute atomic E-state index is 14.5. The maximum Gasteiger partial charge on any atom is 0.123 e. The van der Waals surface area contributed by atoms with Crippen molar-refractivity contribution >= 4 is 27.2 Å². The number of fused-ring (bicyclic) bond motifs is 5. The summed E-state index contributed by atoms with van der Waals surface area (Å²) in [7, 11) is 0. The van der Waals surface area contributed by atoms with Gasteiger partial charge in [-0.25, -0.2) is 4.39 Å². The Kier molecular flexibility index (Phi) is 3.72. The molecular formula is C28H18FN. The molecule has 0 aliphatic rings. The first kappa shape index (κ1) is 17.0. The number of halogens is 1. The highest BCUT2D eigenvalue weighted by Crippen LogP contribution is 2.42. The largest absolute Gasteiger partial charge is 0.308 e. The van der Waals surface area contributed by atoms with Gasteiger partial charge in [0.05, 0.1) is 16.7 Å². The molecule has 0 amide bonds. The Morgan fingerprint density at radius 1 is 0.533 bits per heavy atom. The number of para-hydroxylation sites is 1. The van der Waals surface area contributed by atoms with Crippen molar-refractivity contribution in [3.8, 4) is 22.4 Å². The Morgan fingerprint density at radius 2 is 1.20 bits per heavy atom. The van der Waals surface area contributed by atoms with Crippen LogP contribution < -0.4 is 0 Å². The maximum atomic E-state index is 14.5. The molecule has 142 valence electrons. The monoisotopic (exact) mass is 387 g/mol. The number of hydrogen-bond acceptors (Lipinski definition) is 0. The fourth-order valence-electron chi connectivity index (χ4n) is 4.55. The lowest BCUT2D eigenvalue weighted by Crippen LogP contribution is -1.98. The summed E-state index contributed by atoms with van der Waals surface area (Å²) < 4.78 is 16.8. The van der Waals surface area contributed by atoms with Crippen LogP contribution in [0.4, 0.5) is 4.39 Å². The highest BCUT2D eigenvalue weighted by molar-refractivity contribution is 6.12. The molecule has 6 aromatic rings. The SMILES string of the molecule is Fc1ccc2c(c1)c(-c1ccccc1)c(-c1ccccc1)n1c3ccccc3cc21. The zero-order valence-corrected chi connectivity index (χ0v) is 16.2. The second-order valence-electron chi connectivity index (χ2n) is 7.57. The molecule has 30 heavy (non-hydrogen) atoms. The first-order valence-corrected chi connectivity index (χ1v) is 10.1. The summed E-state index contributed by atoms with van der Waals surface area (Å²) in [6, 6.07) is 36.4. The summed E-state index contributed by atoms with van der Waals surface area (Å²) in [4.78, 5) is 0. The quantitative estimate of drug-likeness (QED) is 0.286. The van der Waals surface area contributed by atoms with Crippen LogP contribution in [0.15, 0.2) is 109 Å². The van der Waals surface area contributed by atoms with Gasteiger partial charge >= 0.3 is 0 Å². The third kappa shape index (κ3) is 2.47. The summed E-state index contributed by atoms with van der Waals surface area (Å²) in [5, 5.41) is 3.15. The van der Waals surface area contributed by atoms with E-state index >= 15 is 0 Å². The normalized spacial score (nSPS) is 11.5. The molecular weight excluding hydrogens is 369 g/mol. The molecule has 0 saturated heterocycles. The fourth-order valence-corrected chi connectivity index (χ4v) is 4.55. The number of hydrogen-bond donors (Lipinski definition) is 0.